The van der Waals surface area contributed by atoms with Gasteiger partial charge >= 0.3 is 0 Å². The largest absolute Gasteiger partial charge is 0.494 e. The van der Waals surface area contributed by atoms with Crippen molar-refractivity contribution in [3.8, 4) is 5.75 Å². The number of amides is 1. The van der Waals surface area contributed by atoms with Crippen LogP contribution < -0.4 is 15.8 Å². The Labute approximate surface area is 114 Å². The van der Waals surface area contributed by atoms with Gasteiger partial charge in [0.1, 0.15) is 5.75 Å². The summed E-state index contributed by atoms with van der Waals surface area (Å²) in [6.07, 6.45) is 0.357. The number of halogens is 1. The third-order valence-electron chi connectivity index (χ3n) is 2.42. The molecule has 3 N–H and O–H groups in total. The Bertz CT molecular complexity index is 372. The summed E-state index contributed by atoms with van der Waals surface area (Å²) in [5.74, 6) is 0.798. The second-order valence-corrected chi connectivity index (χ2v) is 3.83. The molecule has 4 nitrogen and oxygen atoms in total. The van der Waals surface area contributed by atoms with E-state index in [0.717, 1.165) is 11.3 Å². The van der Waals surface area contributed by atoms with Crippen molar-refractivity contribution < 1.29 is 9.53 Å². The molecular weight excluding hydrogens is 252 g/mol. The van der Waals surface area contributed by atoms with Crippen molar-refractivity contribution in [3.63, 3.8) is 0 Å². The van der Waals surface area contributed by atoms with Crippen molar-refractivity contribution in [3.05, 3.63) is 29.8 Å². The molecule has 1 aromatic rings. The van der Waals surface area contributed by atoms with E-state index in [0.29, 0.717) is 19.6 Å². The Hall–Kier alpha value is -1.26. The molecule has 0 saturated heterocycles. The Morgan fingerprint density at radius 2 is 2.22 bits per heavy atom. The molecule has 102 valence electrons. The Kier molecular flexibility index (Phi) is 8.16. The first-order chi connectivity index (χ1) is 8.17. The molecule has 0 bridgehead atoms. The number of nitrogens with two attached hydrogens (primary N) is 1. The van der Waals surface area contributed by atoms with Crippen LogP contribution in [0.1, 0.15) is 31.9 Å². The van der Waals surface area contributed by atoms with Crippen LogP contribution in [0.4, 0.5) is 0 Å². The van der Waals surface area contributed by atoms with Crippen molar-refractivity contribution in [1.29, 1.82) is 0 Å². The average Bonchev–Trinajstić information content (AvgIpc) is 2.30. The topological polar surface area (TPSA) is 64.3 Å². The summed E-state index contributed by atoms with van der Waals surface area (Å²) in [5, 5.41) is 2.89. The SMILES string of the molecule is CCOc1cccc(C(C)NC(=O)CCN)c1.Cl. The van der Waals surface area contributed by atoms with Crippen LogP contribution in [0.2, 0.25) is 0 Å². The molecule has 0 aliphatic carbocycles. The molecule has 1 aromatic carbocycles. The summed E-state index contributed by atoms with van der Waals surface area (Å²) in [5.41, 5.74) is 6.36. The quantitative estimate of drug-likeness (QED) is 0.833. The zero-order valence-electron chi connectivity index (χ0n) is 10.8. The Morgan fingerprint density at radius 1 is 1.50 bits per heavy atom. The number of hydrogen-bond donors (Lipinski definition) is 2. The van der Waals surface area contributed by atoms with Crippen LogP contribution in [0.15, 0.2) is 24.3 Å². The van der Waals surface area contributed by atoms with Gasteiger partial charge in [-0.15, -0.1) is 12.4 Å². The first-order valence-corrected chi connectivity index (χ1v) is 5.89. The molecule has 0 heterocycles. The lowest BCUT2D eigenvalue weighted by molar-refractivity contribution is -0.121. The summed E-state index contributed by atoms with van der Waals surface area (Å²) >= 11 is 0. The number of carbonyl (C=O) groups is 1. The van der Waals surface area contributed by atoms with Crippen molar-refractivity contribution in [2.75, 3.05) is 13.2 Å². The summed E-state index contributed by atoms with van der Waals surface area (Å²) in [7, 11) is 0. The highest BCUT2D eigenvalue weighted by Gasteiger charge is 2.09. The van der Waals surface area contributed by atoms with Gasteiger partial charge in [-0.1, -0.05) is 12.1 Å². The van der Waals surface area contributed by atoms with E-state index in [1.54, 1.807) is 0 Å². The van der Waals surface area contributed by atoms with Gasteiger partial charge in [0.05, 0.1) is 12.6 Å². The second kappa shape index (κ2) is 8.78. The van der Waals surface area contributed by atoms with E-state index in [9.17, 15) is 4.79 Å². The van der Waals surface area contributed by atoms with E-state index in [1.807, 2.05) is 38.1 Å². The molecule has 0 saturated carbocycles. The van der Waals surface area contributed by atoms with Crippen LogP contribution in [0.25, 0.3) is 0 Å². The van der Waals surface area contributed by atoms with Crippen molar-refractivity contribution in [2.45, 2.75) is 26.3 Å². The molecule has 1 unspecified atom stereocenters. The number of nitrogens with one attached hydrogen (secondary N) is 1. The van der Waals surface area contributed by atoms with Gasteiger partial charge in [0.2, 0.25) is 5.91 Å². The van der Waals surface area contributed by atoms with Gasteiger partial charge in [0.15, 0.2) is 0 Å². The summed E-state index contributed by atoms with van der Waals surface area (Å²) in [6.45, 7) is 4.90. The van der Waals surface area contributed by atoms with E-state index in [1.165, 1.54) is 0 Å². The van der Waals surface area contributed by atoms with E-state index in [-0.39, 0.29) is 24.4 Å². The Balaban J connectivity index is 0.00000289. The summed E-state index contributed by atoms with van der Waals surface area (Å²) in [4.78, 5) is 11.4. The lowest BCUT2D eigenvalue weighted by Crippen LogP contribution is -2.28. The van der Waals surface area contributed by atoms with Gasteiger partial charge in [-0.3, -0.25) is 4.79 Å². The molecular formula is C13H21ClN2O2. The minimum Gasteiger partial charge on any atom is -0.494 e. The predicted octanol–water partition coefficient (Wildman–Crippen LogP) is 2.03. The van der Waals surface area contributed by atoms with Gasteiger partial charge in [0, 0.05) is 13.0 Å². The molecule has 5 heteroatoms. The van der Waals surface area contributed by atoms with Crippen molar-refractivity contribution >= 4 is 18.3 Å². The minimum absolute atomic E-state index is 0. The summed E-state index contributed by atoms with van der Waals surface area (Å²) in [6, 6.07) is 7.70. The second-order valence-electron chi connectivity index (χ2n) is 3.83. The van der Waals surface area contributed by atoms with E-state index in [2.05, 4.69) is 5.32 Å². The number of carbonyl (C=O) groups excluding carboxylic acids is 1. The molecule has 1 atom stereocenters. The maximum Gasteiger partial charge on any atom is 0.221 e. The molecule has 0 aliphatic heterocycles. The third kappa shape index (κ3) is 5.38. The number of rotatable bonds is 6. The Morgan fingerprint density at radius 3 is 2.83 bits per heavy atom. The van der Waals surface area contributed by atoms with Crippen molar-refractivity contribution in [2.24, 2.45) is 5.73 Å². The number of ether oxygens (including phenoxy) is 1. The fourth-order valence-electron chi connectivity index (χ4n) is 1.57. The first kappa shape index (κ1) is 16.7. The average molecular weight is 273 g/mol. The number of hydrogen-bond acceptors (Lipinski definition) is 3. The standard InChI is InChI=1S/C13H20N2O2.ClH/c1-3-17-12-6-4-5-11(9-12)10(2)15-13(16)7-8-14;/h4-6,9-10H,3,7-8,14H2,1-2H3,(H,15,16);1H. The fourth-order valence-corrected chi connectivity index (χ4v) is 1.57. The highest BCUT2D eigenvalue weighted by atomic mass is 35.5. The van der Waals surface area contributed by atoms with E-state index >= 15 is 0 Å². The molecule has 0 spiro atoms. The van der Waals surface area contributed by atoms with Crippen LogP contribution in [0.3, 0.4) is 0 Å². The first-order valence-electron chi connectivity index (χ1n) is 5.89. The van der Waals surface area contributed by atoms with Crippen molar-refractivity contribution in [1.82, 2.24) is 5.32 Å². The van der Waals surface area contributed by atoms with Gasteiger partial charge < -0.3 is 15.8 Å². The van der Waals surface area contributed by atoms with Crippen LogP contribution in [0.5, 0.6) is 5.75 Å². The van der Waals surface area contributed by atoms with Gasteiger partial charge in [-0.05, 0) is 31.5 Å². The van der Waals surface area contributed by atoms with Gasteiger partial charge in [0.25, 0.3) is 0 Å². The lowest BCUT2D eigenvalue weighted by atomic mass is 10.1. The predicted molar refractivity (Wildman–Crippen MR) is 75.1 cm³/mol. The minimum atomic E-state index is -0.0329. The highest BCUT2D eigenvalue weighted by molar-refractivity contribution is 5.85. The zero-order chi connectivity index (χ0) is 12.7. The maximum absolute atomic E-state index is 11.4. The van der Waals surface area contributed by atoms with Crippen LogP contribution in [-0.4, -0.2) is 19.1 Å². The fraction of sp³-hybridized carbons (Fsp3) is 0.462. The molecule has 1 amide bonds. The normalized spacial score (nSPS) is 11.3. The molecule has 0 aromatic heterocycles. The van der Waals surface area contributed by atoms with Crippen LogP contribution >= 0.6 is 12.4 Å². The van der Waals surface area contributed by atoms with Crippen LogP contribution in [-0.2, 0) is 4.79 Å². The van der Waals surface area contributed by atoms with Gasteiger partial charge in [-0.2, -0.15) is 0 Å². The summed E-state index contributed by atoms with van der Waals surface area (Å²) < 4.78 is 5.42. The highest BCUT2D eigenvalue weighted by Crippen LogP contribution is 2.19. The molecule has 1 rings (SSSR count). The molecule has 18 heavy (non-hydrogen) atoms. The number of benzene rings is 1. The molecule has 0 aliphatic rings. The monoisotopic (exact) mass is 272 g/mol. The van der Waals surface area contributed by atoms with E-state index < -0.39 is 0 Å². The maximum atomic E-state index is 11.4. The zero-order valence-corrected chi connectivity index (χ0v) is 11.6. The smallest absolute Gasteiger partial charge is 0.221 e. The van der Waals surface area contributed by atoms with E-state index in [4.69, 9.17) is 10.5 Å². The molecule has 0 fully saturated rings. The molecule has 0 radical (unpaired) electrons. The third-order valence-corrected chi connectivity index (χ3v) is 2.42. The van der Waals surface area contributed by atoms with Gasteiger partial charge in [-0.25, -0.2) is 0 Å². The lowest BCUT2D eigenvalue weighted by Gasteiger charge is -2.15. The van der Waals surface area contributed by atoms with Crippen LogP contribution in [0, 0.1) is 0 Å².